The number of hydrazone groups is 1. The minimum Gasteiger partial charge on any atom is -0.278 e. The van der Waals surface area contributed by atoms with Crippen LogP contribution in [0.5, 0.6) is 0 Å². The Bertz CT molecular complexity index is 713. The predicted octanol–water partition coefficient (Wildman–Crippen LogP) is 2.63. The molecule has 0 radical (unpaired) electrons. The van der Waals surface area contributed by atoms with Crippen molar-refractivity contribution >= 4 is 17.3 Å². The Hall–Kier alpha value is -2.66. The van der Waals surface area contributed by atoms with Crippen LogP contribution >= 0.6 is 0 Å². The maximum Gasteiger partial charge on any atom is 0.284 e. The van der Waals surface area contributed by atoms with E-state index in [9.17, 15) is 4.79 Å². The molecule has 1 fully saturated rings. The first-order valence-corrected chi connectivity index (χ1v) is 8.07. The molecule has 3 rings (SSSR count). The zero-order valence-corrected chi connectivity index (χ0v) is 14.0. The van der Waals surface area contributed by atoms with Crippen molar-refractivity contribution in [3.63, 3.8) is 0 Å². The van der Waals surface area contributed by atoms with Gasteiger partial charge in [-0.05, 0) is 24.1 Å². The average Bonchev–Trinajstić information content (AvgIpc) is 2.91. The Labute approximate surface area is 142 Å². The number of carbonyl (C=O) groups is 1. The molecule has 0 spiro atoms. The molecule has 0 saturated carbocycles. The Balaban J connectivity index is 1.82. The molecule has 0 bridgehead atoms. The normalized spacial score (nSPS) is 19.3. The number of nitrogens with zero attached hydrogens (tertiary/aromatic N) is 3. The molecule has 24 heavy (non-hydrogen) atoms. The van der Waals surface area contributed by atoms with E-state index in [4.69, 9.17) is 0 Å². The molecule has 0 aromatic heterocycles. The summed E-state index contributed by atoms with van der Waals surface area (Å²) in [5.41, 5.74) is 5.68. The van der Waals surface area contributed by atoms with Crippen LogP contribution in [0.2, 0.25) is 0 Å². The van der Waals surface area contributed by atoms with Gasteiger partial charge in [0, 0.05) is 26.6 Å². The zero-order valence-electron chi connectivity index (χ0n) is 14.0. The minimum absolute atomic E-state index is 0.0376. The van der Waals surface area contributed by atoms with Gasteiger partial charge in [-0.25, -0.2) is 5.01 Å². The highest BCUT2D eigenvalue weighted by Gasteiger charge is 2.38. The lowest BCUT2D eigenvalue weighted by molar-refractivity contribution is -0.134. The molecule has 5 nitrogen and oxygen atoms in total. The Morgan fingerprint density at radius 3 is 2.33 bits per heavy atom. The second-order valence-corrected chi connectivity index (χ2v) is 6.10. The van der Waals surface area contributed by atoms with Gasteiger partial charge in [-0.2, -0.15) is 5.10 Å². The maximum atomic E-state index is 12.7. The van der Waals surface area contributed by atoms with Crippen molar-refractivity contribution in [2.75, 3.05) is 26.1 Å². The monoisotopic (exact) mass is 322 g/mol. The second-order valence-electron chi connectivity index (χ2n) is 6.10. The zero-order chi connectivity index (χ0) is 16.9. The van der Waals surface area contributed by atoms with Gasteiger partial charge in [-0.3, -0.25) is 15.2 Å². The number of rotatable bonds is 5. The quantitative estimate of drug-likeness (QED) is 0.861. The number of hydrazine groups is 1. The second kappa shape index (κ2) is 7.27. The van der Waals surface area contributed by atoms with Gasteiger partial charge >= 0.3 is 0 Å². The van der Waals surface area contributed by atoms with Crippen molar-refractivity contribution < 1.29 is 4.79 Å². The lowest BCUT2D eigenvalue weighted by Gasteiger charge is -2.23. The Kier molecular flexibility index (Phi) is 4.91. The van der Waals surface area contributed by atoms with E-state index >= 15 is 0 Å². The smallest absolute Gasteiger partial charge is 0.278 e. The van der Waals surface area contributed by atoms with Crippen LogP contribution < -0.4 is 5.43 Å². The lowest BCUT2D eigenvalue weighted by atomic mass is 9.97. The van der Waals surface area contributed by atoms with Crippen LogP contribution in [-0.4, -0.2) is 42.3 Å². The van der Waals surface area contributed by atoms with Crippen LogP contribution in [0.1, 0.15) is 5.56 Å². The van der Waals surface area contributed by atoms with Crippen molar-refractivity contribution in [2.45, 2.75) is 6.42 Å². The number of amides is 1. The standard InChI is InChI=1S/C19H22N4O/c1-22(2)23-14-16(13-15-9-5-3-6-10-15)18(19(23)24)21-20-17-11-7-4-8-12-17/h3-12,16,20H,13-14H2,1-2H3/b21-18+/t16-/m0/s1. The van der Waals surface area contributed by atoms with E-state index in [1.54, 1.807) is 5.01 Å². The molecule has 2 aromatic rings. The first-order valence-electron chi connectivity index (χ1n) is 8.07. The number of benzene rings is 2. The van der Waals surface area contributed by atoms with Gasteiger partial charge in [0.15, 0.2) is 0 Å². The number of anilines is 1. The first kappa shape index (κ1) is 16.2. The van der Waals surface area contributed by atoms with E-state index in [0.717, 1.165) is 12.1 Å². The lowest BCUT2D eigenvalue weighted by Crippen LogP contribution is -2.39. The van der Waals surface area contributed by atoms with Gasteiger partial charge in [0.1, 0.15) is 5.71 Å². The molecular formula is C19H22N4O. The average molecular weight is 322 g/mol. The van der Waals surface area contributed by atoms with E-state index in [1.165, 1.54) is 5.56 Å². The highest BCUT2D eigenvalue weighted by molar-refractivity contribution is 6.41. The molecule has 5 heteroatoms. The van der Waals surface area contributed by atoms with Crippen LogP contribution in [0.4, 0.5) is 5.69 Å². The third-order valence-corrected chi connectivity index (χ3v) is 4.12. The highest BCUT2D eigenvalue weighted by atomic mass is 16.2. The maximum absolute atomic E-state index is 12.7. The van der Waals surface area contributed by atoms with Gasteiger partial charge in [-0.1, -0.05) is 48.5 Å². The van der Waals surface area contributed by atoms with Gasteiger partial charge < -0.3 is 0 Å². The van der Waals surface area contributed by atoms with Crippen molar-refractivity contribution in [3.05, 3.63) is 66.2 Å². The molecule has 124 valence electrons. The van der Waals surface area contributed by atoms with Gasteiger partial charge in [0.2, 0.25) is 0 Å². The molecule has 1 heterocycles. The van der Waals surface area contributed by atoms with E-state index in [-0.39, 0.29) is 11.8 Å². The molecule has 2 aromatic carbocycles. The molecule has 1 N–H and O–H groups in total. The van der Waals surface area contributed by atoms with Gasteiger partial charge in [-0.15, -0.1) is 0 Å². The third kappa shape index (κ3) is 3.63. The summed E-state index contributed by atoms with van der Waals surface area (Å²) < 4.78 is 0. The van der Waals surface area contributed by atoms with Gasteiger partial charge in [0.05, 0.1) is 5.69 Å². The third-order valence-electron chi connectivity index (χ3n) is 4.12. The molecule has 0 aliphatic carbocycles. The van der Waals surface area contributed by atoms with E-state index in [2.05, 4.69) is 22.7 Å². The summed E-state index contributed by atoms with van der Waals surface area (Å²) in [4.78, 5) is 12.7. The van der Waals surface area contributed by atoms with Crippen LogP contribution in [0.25, 0.3) is 0 Å². The summed E-state index contributed by atoms with van der Waals surface area (Å²) in [6.07, 6.45) is 0.798. The summed E-state index contributed by atoms with van der Waals surface area (Å²) in [5.74, 6) is 0.0304. The van der Waals surface area contributed by atoms with E-state index in [0.29, 0.717) is 12.3 Å². The Morgan fingerprint density at radius 1 is 1.08 bits per heavy atom. The number of para-hydroxylation sites is 1. The number of hydrogen-bond donors (Lipinski definition) is 1. The molecule has 1 aliphatic heterocycles. The summed E-state index contributed by atoms with van der Waals surface area (Å²) in [7, 11) is 3.76. The summed E-state index contributed by atoms with van der Waals surface area (Å²) in [6.45, 7) is 0.649. The number of carbonyl (C=O) groups excluding carboxylic acids is 1. The molecule has 1 atom stereocenters. The van der Waals surface area contributed by atoms with Crippen LogP contribution in [0, 0.1) is 5.92 Å². The SMILES string of the molecule is CN(C)N1C[C@H](Cc2ccccc2)/C(=N\Nc2ccccc2)C1=O. The predicted molar refractivity (Wildman–Crippen MR) is 96.5 cm³/mol. The Morgan fingerprint density at radius 2 is 1.71 bits per heavy atom. The summed E-state index contributed by atoms with van der Waals surface area (Å²) in [5, 5.41) is 7.99. The largest absolute Gasteiger partial charge is 0.284 e. The fourth-order valence-corrected chi connectivity index (χ4v) is 2.87. The van der Waals surface area contributed by atoms with Crippen LogP contribution in [-0.2, 0) is 11.2 Å². The molecule has 1 saturated heterocycles. The van der Waals surface area contributed by atoms with Crippen molar-refractivity contribution in [3.8, 4) is 0 Å². The van der Waals surface area contributed by atoms with Crippen molar-refractivity contribution in [1.29, 1.82) is 0 Å². The minimum atomic E-state index is -0.0376. The summed E-state index contributed by atoms with van der Waals surface area (Å²) in [6, 6.07) is 19.9. The topological polar surface area (TPSA) is 47.9 Å². The molecular weight excluding hydrogens is 300 g/mol. The van der Waals surface area contributed by atoms with E-state index < -0.39 is 0 Å². The highest BCUT2D eigenvalue weighted by Crippen LogP contribution is 2.21. The number of nitrogens with one attached hydrogen (secondary N) is 1. The van der Waals surface area contributed by atoms with Crippen molar-refractivity contribution in [1.82, 2.24) is 10.0 Å². The van der Waals surface area contributed by atoms with Crippen molar-refractivity contribution in [2.24, 2.45) is 11.0 Å². The molecule has 1 aliphatic rings. The fourth-order valence-electron chi connectivity index (χ4n) is 2.87. The van der Waals surface area contributed by atoms with Crippen LogP contribution in [0.3, 0.4) is 0 Å². The number of hydrogen-bond acceptors (Lipinski definition) is 4. The molecule has 1 amide bonds. The van der Waals surface area contributed by atoms with Crippen LogP contribution in [0.15, 0.2) is 65.8 Å². The fraction of sp³-hybridized carbons (Fsp3) is 0.263. The summed E-state index contributed by atoms with van der Waals surface area (Å²) >= 11 is 0. The first-order chi connectivity index (χ1) is 11.6. The van der Waals surface area contributed by atoms with Gasteiger partial charge in [0.25, 0.3) is 5.91 Å². The molecule has 0 unspecified atom stereocenters. The van der Waals surface area contributed by atoms with E-state index in [1.807, 2.05) is 67.6 Å².